The van der Waals surface area contributed by atoms with Crippen LogP contribution in [0.4, 0.5) is 0 Å². The van der Waals surface area contributed by atoms with Crippen molar-refractivity contribution in [2.24, 2.45) is 0 Å². The van der Waals surface area contributed by atoms with Crippen LogP contribution in [-0.2, 0) is 10.0 Å². The van der Waals surface area contributed by atoms with Crippen LogP contribution < -0.4 is 4.72 Å². The molecular weight excluding hydrogens is 274 g/mol. The second-order valence-corrected chi connectivity index (χ2v) is 7.04. The third-order valence-corrected chi connectivity index (χ3v) is 5.18. The molecule has 4 nitrogen and oxygen atoms in total. The van der Waals surface area contributed by atoms with Crippen molar-refractivity contribution in [3.05, 3.63) is 29.8 Å². The molecule has 20 heavy (non-hydrogen) atoms. The van der Waals surface area contributed by atoms with Gasteiger partial charge in [-0.3, -0.25) is 0 Å². The second kappa shape index (κ2) is 5.96. The van der Waals surface area contributed by atoms with Crippen molar-refractivity contribution in [1.29, 1.82) is 0 Å². The average Bonchev–Trinajstić information content (AvgIpc) is 2.82. The number of hydrogen-bond donors (Lipinski definition) is 2. The predicted molar refractivity (Wildman–Crippen MR) is 77.6 cm³/mol. The molecule has 0 amide bonds. The molecule has 5 heteroatoms. The van der Waals surface area contributed by atoms with Crippen LogP contribution in [0.15, 0.2) is 29.2 Å². The molecule has 0 bridgehead atoms. The van der Waals surface area contributed by atoms with Gasteiger partial charge >= 0.3 is 0 Å². The zero-order chi connectivity index (χ0) is 14.6. The molecule has 0 heterocycles. The van der Waals surface area contributed by atoms with Crippen LogP contribution in [0, 0.1) is 11.8 Å². The largest absolute Gasteiger partial charge is 0.384 e. The minimum atomic E-state index is -3.53. The quantitative estimate of drug-likeness (QED) is 0.833. The third-order valence-electron chi connectivity index (χ3n) is 3.54. The molecule has 2 rings (SSSR count). The topological polar surface area (TPSA) is 66.4 Å². The number of nitrogens with one attached hydrogen (secondary N) is 1. The van der Waals surface area contributed by atoms with Crippen LogP contribution in [0.25, 0.3) is 0 Å². The van der Waals surface area contributed by atoms with Crippen LogP contribution >= 0.6 is 0 Å². The van der Waals surface area contributed by atoms with Gasteiger partial charge in [0.25, 0.3) is 0 Å². The zero-order valence-corrected chi connectivity index (χ0v) is 12.3. The summed E-state index contributed by atoms with van der Waals surface area (Å²) in [7, 11) is -3.53. The normalized spacial score (nSPS) is 17.5. The lowest BCUT2D eigenvalue weighted by molar-refractivity contribution is 0.350. The van der Waals surface area contributed by atoms with Gasteiger partial charge in [-0.2, -0.15) is 0 Å². The summed E-state index contributed by atoms with van der Waals surface area (Å²) in [6, 6.07) is 6.47. The minimum Gasteiger partial charge on any atom is -0.384 e. The maximum atomic E-state index is 12.4. The van der Waals surface area contributed by atoms with Crippen molar-refractivity contribution in [3.63, 3.8) is 0 Å². The van der Waals surface area contributed by atoms with E-state index in [4.69, 9.17) is 5.11 Å². The molecule has 1 aliphatic rings. The number of rotatable bonds is 3. The standard InChI is InChI=1S/C15H19NO3S/c1-15(9-2-3-10-15)16-20(18,19)14-8-4-6-13(12-14)7-5-11-17/h4,6,8,12,16-17H,2-3,9-11H2,1H3. The Morgan fingerprint density at radius 3 is 2.70 bits per heavy atom. The summed E-state index contributed by atoms with van der Waals surface area (Å²) in [6.45, 7) is 1.71. The molecule has 1 aliphatic carbocycles. The van der Waals surface area contributed by atoms with Crippen molar-refractivity contribution in [2.75, 3.05) is 6.61 Å². The van der Waals surface area contributed by atoms with Gasteiger partial charge < -0.3 is 5.11 Å². The Labute approximate surface area is 120 Å². The first-order valence-electron chi connectivity index (χ1n) is 6.69. The van der Waals surface area contributed by atoms with Crippen LogP contribution in [0.3, 0.4) is 0 Å². The van der Waals surface area contributed by atoms with Gasteiger partial charge in [0.05, 0.1) is 4.90 Å². The summed E-state index contributed by atoms with van der Waals surface area (Å²) < 4.78 is 27.6. The van der Waals surface area contributed by atoms with E-state index in [-0.39, 0.29) is 17.0 Å². The summed E-state index contributed by atoms with van der Waals surface area (Å²) in [5.41, 5.74) is 0.240. The Morgan fingerprint density at radius 2 is 2.05 bits per heavy atom. The van der Waals surface area contributed by atoms with Crippen LogP contribution in [0.5, 0.6) is 0 Å². The molecule has 0 aromatic heterocycles. The molecule has 108 valence electrons. The predicted octanol–water partition coefficient (Wildman–Crippen LogP) is 1.64. The molecule has 0 unspecified atom stereocenters. The lowest BCUT2D eigenvalue weighted by Gasteiger charge is -2.24. The van der Waals surface area contributed by atoms with Crippen LogP contribution in [0.1, 0.15) is 38.2 Å². The maximum Gasteiger partial charge on any atom is 0.241 e. The van der Waals surface area contributed by atoms with E-state index in [0.29, 0.717) is 5.56 Å². The van der Waals surface area contributed by atoms with Crippen molar-refractivity contribution >= 4 is 10.0 Å². The Morgan fingerprint density at radius 1 is 1.35 bits per heavy atom. The zero-order valence-electron chi connectivity index (χ0n) is 11.5. The van der Waals surface area contributed by atoms with E-state index in [2.05, 4.69) is 16.6 Å². The van der Waals surface area contributed by atoms with Gasteiger partial charge in [-0.15, -0.1) is 0 Å². The van der Waals surface area contributed by atoms with E-state index in [0.717, 1.165) is 25.7 Å². The van der Waals surface area contributed by atoms with E-state index < -0.39 is 10.0 Å². The fourth-order valence-corrected chi connectivity index (χ4v) is 4.03. The van der Waals surface area contributed by atoms with Gasteiger partial charge in [0.2, 0.25) is 10.0 Å². The smallest absolute Gasteiger partial charge is 0.241 e. The summed E-state index contributed by atoms with van der Waals surface area (Å²) >= 11 is 0. The average molecular weight is 293 g/mol. The highest BCUT2D eigenvalue weighted by Gasteiger charge is 2.33. The SMILES string of the molecule is CC1(NS(=O)(=O)c2cccc(C#CCO)c2)CCCC1. The fraction of sp³-hybridized carbons (Fsp3) is 0.467. The molecule has 0 spiro atoms. The Hall–Kier alpha value is -1.35. The first kappa shape index (κ1) is 15.0. The second-order valence-electron chi connectivity index (χ2n) is 5.36. The molecule has 0 aliphatic heterocycles. The molecule has 1 fully saturated rings. The fourth-order valence-electron chi connectivity index (χ4n) is 2.52. The Bertz CT molecular complexity index is 635. The number of benzene rings is 1. The lowest BCUT2D eigenvalue weighted by Crippen LogP contribution is -2.43. The molecule has 1 aromatic rings. The van der Waals surface area contributed by atoms with E-state index in [1.54, 1.807) is 18.2 Å². The molecule has 0 saturated heterocycles. The van der Waals surface area contributed by atoms with Gasteiger partial charge in [-0.05, 0) is 38.0 Å². The number of hydrogen-bond acceptors (Lipinski definition) is 3. The summed E-state index contributed by atoms with van der Waals surface area (Å²) in [5.74, 6) is 5.23. The minimum absolute atomic E-state index is 0.218. The van der Waals surface area contributed by atoms with Crippen molar-refractivity contribution in [2.45, 2.75) is 43.0 Å². The van der Waals surface area contributed by atoms with Gasteiger partial charge in [0.1, 0.15) is 6.61 Å². The van der Waals surface area contributed by atoms with Gasteiger partial charge in [-0.1, -0.05) is 30.7 Å². The summed E-state index contributed by atoms with van der Waals surface area (Å²) in [4.78, 5) is 0.218. The number of aliphatic hydroxyl groups is 1. The number of sulfonamides is 1. The van der Waals surface area contributed by atoms with Crippen molar-refractivity contribution in [1.82, 2.24) is 4.72 Å². The highest BCUT2D eigenvalue weighted by atomic mass is 32.2. The lowest BCUT2D eigenvalue weighted by atomic mass is 10.0. The summed E-state index contributed by atoms with van der Waals surface area (Å²) in [6.07, 6.45) is 3.86. The summed E-state index contributed by atoms with van der Waals surface area (Å²) in [5, 5.41) is 8.68. The molecule has 1 saturated carbocycles. The molecule has 0 atom stereocenters. The highest BCUT2D eigenvalue weighted by Crippen LogP contribution is 2.30. The van der Waals surface area contributed by atoms with Gasteiger partial charge in [-0.25, -0.2) is 13.1 Å². The van der Waals surface area contributed by atoms with Crippen LogP contribution in [0.2, 0.25) is 0 Å². The Balaban J connectivity index is 2.25. The molecule has 1 aromatic carbocycles. The highest BCUT2D eigenvalue weighted by molar-refractivity contribution is 7.89. The monoisotopic (exact) mass is 293 g/mol. The van der Waals surface area contributed by atoms with Gasteiger partial charge in [0, 0.05) is 11.1 Å². The van der Waals surface area contributed by atoms with E-state index >= 15 is 0 Å². The maximum absolute atomic E-state index is 12.4. The molecule has 2 N–H and O–H groups in total. The van der Waals surface area contributed by atoms with E-state index in [1.165, 1.54) is 6.07 Å². The van der Waals surface area contributed by atoms with Crippen molar-refractivity contribution < 1.29 is 13.5 Å². The third kappa shape index (κ3) is 3.60. The Kier molecular flexibility index (Phi) is 4.48. The van der Waals surface area contributed by atoms with E-state index in [1.807, 2.05) is 6.92 Å². The van der Waals surface area contributed by atoms with Crippen LogP contribution in [-0.4, -0.2) is 25.7 Å². The first-order chi connectivity index (χ1) is 9.45. The first-order valence-corrected chi connectivity index (χ1v) is 8.17. The molecule has 0 radical (unpaired) electrons. The number of aliphatic hydroxyl groups excluding tert-OH is 1. The molecular formula is C15H19NO3S. The van der Waals surface area contributed by atoms with Crippen molar-refractivity contribution in [3.8, 4) is 11.8 Å². The van der Waals surface area contributed by atoms with Gasteiger partial charge in [0.15, 0.2) is 0 Å². The van der Waals surface area contributed by atoms with E-state index in [9.17, 15) is 8.42 Å².